The van der Waals surface area contributed by atoms with Gasteiger partial charge in [-0.1, -0.05) is 18.2 Å². The summed E-state index contributed by atoms with van der Waals surface area (Å²) in [5.74, 6) is 0.0518. The Morgan fingerprint density at radius 1 is 1.40 bits per heavy atom. The Morgan fingerprint density at radius 2 is 2.00 bits per heavy atom. The van der Waals surface area contributed by atoms with E-state index >= 15 is 0 Å². The zero-order valence-electron chi connectivity index (χ0n) is 9.33. The highest BCUT2D eigenvalue weighted by Gasteiger charge is 2.31. The standard InChI is InChI=1S/C12H17FO2/c1-12(2,13)10(8-14)9-6-4-5-7-11(9)15-3/h4-7,10,14H,8H2,1-3H3. The van der Waals surface area contributed by atoms with Gasteiger partial charge in [0.05, 0.1) is 13.7 Å². The first-order chi connectivity index (χ1) is 7.00. The second kappa shape index (κ2) is 4.62. The third-order valence-corrected chi connectivity index (χ3v) is 2.53. The lowest BCUT2D eigenvalue weighted by atomic mass is 9.86. The van der Waals surface area contributed by atoms with Gasteiger partial charge in [0.25, 0.3) is 0 Å². The number of aliphatic hydroxyl groups excluding tert-OH is 1. The highest BCUT2D eigenvalue weighted by atomic mass is 19.1. The average Bonchev–Trinajstić information content (AvgIpc) is 2.17. The van der Waals surface area contributed by atoms with Crippen LogP contribution < -0.4 is 4.74 Å². The van der Waals surface area contributed by atoms with Crippen molar-refractivity contribution in [2.45, 2.75) is 25.4 Å². The number of hydrogen-bond donors (Lipinski definition) is 1. The Hall–Kier alpha value is -1.09. The van der Waals surface area contributed by atoms with Crippen LogP contribution >= 0.6 is 0 Å². The Labute approximate surface area is 89.7 Å². The molecule has 0 aliphatic rings. The SMILES string of the molecule is COc1ccccc1C(CO)C(C)(C)F. The minimum atomic E-state index is -1.47. The third kappa shape index (κ3) is 2.69. The van der Waals surface area contributed by atoms with Crippen molar-refractivity contribution in [2.75, 3.05) is 13.7 Å². The Kier molecular flexibility index (Phi) is 3.69. The highest BCUT2D eigenvalue weighted by Crippen LogP contribution is 2.35. The summed E-state index contributed by atoms with van der Waals surface area (Å²) in [4.78, 5) is 0. The van der Waals surface area contributed by atoms with Crippen LogP contribution in [0.3, 0.4) is 0 Å². The maximum absolute atomic E-state index is 13.8. The van der Waals surface area contributed by atoms with Gasteiger partial charge in [-0.3, -0.25) is 0 Å². The Morgan fingerprint density at radius 3 is 2.47 bits per heavy atom. The van der Waals surface area contributed by atoms with Crippen molar-refractivity contribution in [3.8, 4) is 5.75 Å². The number of benzene rings is 1. The van der Waals surface area contributed by atoms with Crippen molar-refractivity contribution < 1.29 is 14.2 Å². The number of ether oxygens (including phenoxy) is 1. The lowest BCUT2D eigenvalue weighted by molar-refractivity contribution is 0.117. The van der Waals surface area contributed by atoms with Crippen LogP contribution in [0.15, 0.2) is 24.3 Å². The molecule has 3 heteroatoms. The molecule has 1 unspecified atom stereocenters. The predicted molar refractivity (Wildman–Crippen MR) is 58.0 cm³/mol. The van der Waals surface area contributed by atoms with Crippen LogP contribution in [0.1, 0.15) is 25.3 Å². The predicted octanol–water partition coefficient (Wildman–Crippen LogP) is 2.52. The Balaban J connectivity index is 3.12. The van der Waals surface area contributed by atoms with E-state index in [0.29, 0.717) is 11.3 Å². The molecule has 1 atom stereocenters. The summed E-state index contributed by atoms with van der Waals surface area (Å²) < 4.78 is 19.0. The number of alkyl halides is 1. The minimum Gasteiger partial charge on any atom is -0.496 e. The Bertz CT molecular complexity index is 318. The first kappa shape index (κ1) is 12.0. The molecule has 2 nitrogen and oxygen atoms in total. The van der Waals surface area contributed by atoms with Crippen molar-refractivity contribution in [1.29, 1.82) is 0 Å². The van der Waals surface area contributed by atoms with Crippen molar-refractivity contribution in [1.82, 2.24) is 0 Å². The maximum atomic E-state index is 13.8. The fraction of sp³-hybridized carbons (Fsp3) is 0.500. The summed E-state index contributed by atoms with van der Waals surface area (Å²) in [5, 5.41) is 9.24. The van der Waals surface area contributed by atoms with Crippen LogP contribution in [0.2, 0.25) is 0 Å². The normalized spacial score (nSPS) is 13.7. The maximum Gasteiger partial charge on any atom is 0.122 e. The average molecular weight is 212 g/mol. The molecule has 1 aromatic rings. The monoisotopic (exact) mass is 212 g/mol. The number of aliphatic hydroxyl groups is 1. The van der Waals surface area contributed by atoms with Crippen LogP contribution in [0.25, 0.3) is 0 Å². The number of hydrogen-bond acceptors (Lipinski definition) is 2. The molecule has 0 fully saturated rings. The van der Waals surface area contributed by atoms with Gasteiger partial charge in [0.2, 0.25) is 0 Å². The molecule has 0 aliphatic heterocycles. The zero-order chi connectivity index (χ0) is 11.5. The molecule has 0 heterocycles. The van der Waals surface area contributed by atoms with Crippen LogP contribution in [-0.4, -0.2) is 24.5 Å². The molecule has 1 rings (SSSR count). The molecular weight excluding hydrogens is 195 g/mol. The summed E-state index contributed by atoms with van der Waals surface area (Å²) >= 11 is 0. The van der Waals surface area contributed by atoms with Crippen molar-refractivity contribution in [3.05, 3.63) is 29.8 Å². The molecule has 0 saturated carbocycles. The van der Waals surface area contributed by atoms with Crippen molar-refractivity contribution in [2.24, 2.45) is 0 Å². The smallest absolute Gasteiger partial charge is 0.122 e. The van der Waals surface area contributed by atoms with Gasteiger partial charge in [-0.25, -0.2) is 4.39 Å². The van der Waals surface area contributed by atoms with E-state index in [1.165, 1.54) is 13.8 Å². The molecule has 0 spiro atoms. The molecular formula is C12H17FO2. The summed E-state index contributed by atoms with van der Waals surface area (Å²) in [6, 6.07) is 7.18. The van der Waals surface area contributed by atoms with E-state index in [-0.39, 0.29) is 6.61 Å². The number of methoxy groups -OCH3 is 1. The second-order valence-corrected chi connectivity index (χ2v) is 4.04. The second-order valence-electron chi connectivity index (χ2n) is 4.04. The van der Waals surface area contributed by atoms with Crippen LogP contribution in [0.4, 0.5) is 4.39 Å². The van der Waals surface area contributed by atoms with E-state index in [0.717, 1.165) is 0 Å². The fourth-order valence-corrected chi connectivity index (χ4v) is 1.64. The van der Waals surface area contributed by atoms with Gasteiger partial charge in [0, 0.05) is 11.5 Å². The van der Waals surface area contributed by atoms with E-state index in [1.807, 2.05) is 12.1 Å². The quantitative estimate of drug-likeness (QED) is 0.831. The zero-order valence-corrected chi connectivity index (χ0v) is 9.33. The van der Waals surface area contributed by atoms with Crippen molar-refractivity contribution >= 4 is 0 Å². The molecule has 0 aliphatic carbocycles. The lowest BCUT2D eigenvalue weighted by Gasteiger charge is -2.26. The van der Waals surface area contributed by atoms with E-state index in [1.54, 1.807) is 19.2 Å². The van der Waals surface area contributed by atoms with E-state index in [9.17, 15) is 9.50 Å². The number of halogens is 1. The molecule has 0 aromatic heterocycles. The first-order valence-corrected chi connectivity index (χ1v) is 4.93. The molecule has 1 aromatic carbocycles. The first-order valence-electron chi connectivity index (χ1n) is 4.93. The van der Waals surface area contributed by atoms with Gasteiger partial charge in [-0.15, -0.1) is 0 Å². The van der Waals surface area contributed by atoms with E-state index < -0.39 is 11.6 Å². The molecule has 1 N–H and O–H groups in total. The van der Waals surface area contributed by atoms with Crippen LogP contribution in [0, 0.1) is 0 Å². The molecule has 15 heavy (non-hydrogen) atoms. The molecule has 0 saturated heterocycles. The molecule has 0 amide bonds. The molecule has 0 radical (unpaired) electrons. The summed E-state index contributed by atoms with van der Waals surface area (Å²) in [7, 11) is 1.54. The summed E-state index contributed by atoms with van der Waals surface area (Å²) in [6.45, 7) is 2.69. The third-order valence-electron chi connectivity index (χ3n) is 2.53. The van der Waals surface area contributed by atoms with Gasteiger partial charge < -0.3 is 9.84 Å². The fourth-order valence-electron chi connectivity index (χ4n) is 1.64. The minimum absolute atomic E-state index is 0.232. The molecule has 0 bridgehead atoms. The number of para-hydroxylation sites is 1. The van der Waals surface area contributed by atoms with Crippen LogP contribution in [0.5, 0.6) is 5.75 Å². The summed E-state index contributed by atoms with van der Waals surface area (Å²) in [5.41, 5.74) is -0.765. The summed E-state index contributed by atoms with van der Waals surface area (Å²) in [6.07, 6.45) is 0. The molecule has 84 valence electrons. The van der Waals surface area contributed by atoms with Crippen LogP contribution in [-0.2, 0) is 0 Å². The van der Waals surface area contributed by atoms with Gasteiger partial charge >= 0.3 is 0 Å². The van der Waals surface area contributed by atoms with Gasteiger partial charge in [-0.05, 0) is 19.9 Å². The lowest BCUT2D eigenvalue weighted by Crippen LogP contribution is -2.27. The van der Waals surface area contributed by atoms with E-state index in [2.05, 4.69) is 0 Å². The van der Waals surface area contributed by atoms with Gasteiger partial charge in [0.15, 0.2) is 0 Å². The van der Waals surface area contributed by atoms with E-state index in [4.69, 9.17) is 4.74 Å². The largest absolute Gasteiger partial charge is 0.496 e. The van der Waals surface area contributed by atoms with Gasteiger partial charge in [-0.2, -0.15) is 0 Å². The van der Waals surface area contributed by atoms with Gasteiger partial charge in [0.1, 0.15) is 11.4 Å². The topological polar surface area (TPSA) is 29.5 Å². The number of rotatable bonds is 4. The van der Waals surface area contributed by atoms with Crippen molar-refractivity contribution in [3.63, 3.8) is 0 Å². The highest BCUT2D eigenvalue weighted by molar-refractivity contribution is 5.37.